The average molecular weight is 409 g/mol. The summed E-state index contributed by atoms with van der Waals surface area (Å²) in [5.41, 5.74) is 2.70. The molecule has 0 spiro atoms. The first-order valence-corrected chi connectivity index (χ1v) is 11.0. The van der Waals surface area contributed by atoms with Crippen molar-refractivity contribution in [3.8, 4) is 0 Å². The molecule has 3 aliphatic rings. The van der Waals surface area contributed by atoms with Gasteiger partial charge in [-0.25, -0.2) is 9.78 Å². The number of carbonyl (C=O) groups is 2. The first-order chi connectivity index (χ1) is 14.6. The van der Waals surface area contributed by atoms with Gasteiger partial charge in [-0.15, -0.1) is 0 Å². The van der Waals surface area contributed by atoms with Crippen LogP contribution in [0.15, 0.2) is 30.6 Å². The number of carboxylic acids is 1. The molecule has 7 nitrogen and oxygen atoms in total. The van der Waals surface area contributed by atoms with E-state index in [0.717, 1.165) is 49.7 Å². The minimum Gasteiger partial charge on any atom is -0.478 e. The molecule has 1 aliphatic carbocycles. The maximum absolute atomic E-state index is 13.5. The third-order valence-electron chi connectivity index (χ3n) is 6.88. The standard InChI is InChI=1S/C23H28N4O3/c28-22(17-2-1-3-18(12-17)23(29)30)27-11-8-19-20(25-14-24-19)21(27)16-6-9-26(10-7-16)13-15-4-5-15/h1-3,12,14-16,21H,4-11,13H2,(H,24,25)(H,29,30). The van der Waals surface area contributed by atoms with Gasteiger partial charge in [0.05, 0.1) is 23.6 Å². The molecule has 1 amide bonds. The Balaban J connectivity index is 1.39. The lowest BCUT2D eigenvalue weighted by Crippen LogP contribution is -2.46. The monoisotopic (exact) mass is 408 g/mol. The van der Waals surface area contributed by atoms with E-state index < -0.39 is 5.97 Å². The lowest BCUT2D eigenvalue weighted by molar-refractivity contribution is 0.0468. The number of aromatic nitrogens is 2. The summed E-state index contributed by atoms with van der Waals surface area (Å²) in [6.07, 6.45) is 7.34. The molecule has 2 N–H and O–H groups in total. The number of nitrogens with zero attached hydrogens (tertiary/aromatic N) is 3. The molecule has 30 heavy (non-hydrogen) atoms. The van der Waals surface area contributed by atoms with Crippen LogP contribution in [0.4, 0.5) is 0 Å². The average Bonchev–Trinajstić information content (AvgIpc) is 3.45. The van der Waals surface area contributed by atoms with Gasteiger partial charge in [-0.05, 0) is 68.8 Å². The second kappa shape index (κ2) is 7.87. The van der Waals surface area contributed by atoms with Crippen LogP contribution in [0.5, 0.6) is 0 Å². The largest absolute Gasteiger partial charge is 0.478 e. The van der Waals surface area contributed by atoms with Gasteiger partial charge in [-0.1, -0.05) is 6.07 Å². The molecular weight excluding hydrogens is 380 g/mol. The first-order valence-electron chi connectivity index (χ1n) is 11.0. The highest BCUT2D eigenvalue weighted by molar-refractivity contribution is 5.97. The number of fused-ring (bicyclic) bond motifs is 1. The van der Waals surface area contributed by atoms with Gasteiger partial charge in [0.2, 0.25) is 0 Å². The summed E-state index contributed by atoms with van der Waals surface area (Å²) in [5, 5.41) is 9.31. The smallest absolute Gasteiger partial charge is 0.335 e. The summed E-state index contributed by atoms with van der Waals surface area (Å²) in [7, 11) is 0. The zero-order valence-corrected chi connectivity index (χ0v) is 17.1. The van der Waals surface area contributed by atoms with E-state index in [0.29, 0.717) is 18.0 Å². The van der Waals surface area contributed by atoms with Crippen LogP contribution in [-0.2, 0) is 6.42 Å². The molecule has 158 valence electrons. The Hall–Kier alpha value is -2.67. The number of carbonyl (C=O) groups excluding carboxylic acids is 1. The molecule has 1 aromatic heterocycles. The predicted molar refractivity (Wildman–Crippen MR) is 111 cm³/mol. The molecule has 0 bridgehead atoms. The van der Waals surface area contributed by atoms with Gasteiger partial charge in [0.1, 0.15) is 0 Å². The second-order valence-electron chi connectivity index (χ2n) is 8.93. The molecule has 1 unspecified atom stereocenters. The maximum Gasteiger partial charge on any atom is 0.335 e. The van der Waals surface area contributed by atoms with Crippen molar-refractivity contribution in [3.63, 3.8) is 0 Å². The van der Waals surface area contributed by atoms with Gasteiger partial charge in [-0.3, -0.25) is 4.79 Å². The van der Waals surface area contributed by atoms with Crippen LogP contribution < -0.4 is 0 Å². The molecule has 0 radical (unpaired) electrons. The third kappa shape index (κ3) is 3.74. The number of benzene rings is 1. The van der Waals surface area contributed by atoms with E-state index in [9.17, 15) is 14.7 Å². The Morgan fingerprint density at radius 3 is 2.60 bits per heavy atom. The highest BCUT2D eigenvalue weighted by Gasteiger charge is 2.40. The number of carboxylic acid groups (broad SMARTS) is 1. The quantitative estimate of drug-likeness (QED) is 0.794. The van der Waals surface area contributed by atoms with E-state index in [1.807, 2.05) is 4.90 Å². The van der Waals surface area contributed by atoms with Crippen molar-refractivity contribution in [2.24, 2.45) is 11.8 Å². The molecule has 2 aliphatic heterocycles. The molecule has 3 heterocycles. The van der Waals surface area contributed by atoms with E-state index in [-0.39, 0.29) is 17.5 Å². The number of aromatic carboxylic acids is 1. The Morgan fingerprint density at radius 2 is 1.87 bits per heavy atom. The van der Waals surface area contributed by atoms with Crippen LogP contribution in [0.25, 0.3) is 0 Å². The fraction of sp³-hybridized carbons (Fsp3) is 0.522. The first kappa shape index (κ1) is 19.3. The minimum atomic E-state index is -1.02. The van der Waals surface area contributed by atoms with Crippen LogP contribution in [0.2, 0.25) is 0 Å². The van der Waals surface area contributed by atoms with Gasteiger partial charge < -0.3 is 19.9 Å². The normalized spacial score (nSPS) is 22.7. The maximum atomic E-state index is 13.5. The van der Waals surface area contributed by atoms with Crippen LogP contribution >= 0.6 is 0 Å². The number of amides is 1. The molecular formula is C23H28N4O3. The van der Waals surface area contributed by atoms with Gasteiger partial charge in [0.25, 0.3) is 5.91 Å². The fourth-order valence-corrected chi connectivity index (χ4v) is 5.08. The van der Waals surface area contributed by atoms with Crippen LogP contribution in [0.1, 0.15) is 63.8 Å². The number of imidazole rings is 1. The van der Waals surface area contributed by atoms with Crippen molar-refractivity contribution in [2.45, 2.75) is 38.1 Å². The fourth-order valence-electron chi connectivity index (χ4n) is 5.08. The number of hydrogen-bond donors (Lipinski definition) is 2. The molecule has 1 atom stereocenters. The van der Waals surface area contributed by atoms with E-state index in [2.05, 4.69) is 14.9 Å². The number of rotatable bonds is 5. The molecule has 1 saturated carbocycles. The zero-order valence-electron chi connectivity index (χ0n) is 17.1. The summed E-state index contributed by atoms with van der Waals surface area (Å²) in [5.74, 6) is 0.151. The SMILES string of the molecule is O=C(O)c1cccc(C(=O)N2CCc3[nH]cnc3C2C2CCN(CC3CC3)CC2)c1. The molecule has 2 fully saturated rings. The van der Waals surface area contributed by atoms with Gasteiger partial charge in [-0.2, -0.15) is 0 Å². The van der Waals surface area contributed by atoms with E-state index >= 15 is 0 Å². The van der Waals surface area contributed by atoms with Crippen molar-refractivity contribution in [1.29, 1.82) is 0 Å². The zero-order chi connectivity index (χ0) is 20.7. The van der Waals surface area contributed by atoms with Crippen molar-refractivity contribution in [1.82, 2.24) is 19.8 Å². The summed E-state index contributed by atoms with van der Waals surface area (Å²) in [6.45, 7) is 4.00. The molecule has 7 heteroatoms. The summed E-state index contributed by atoms with van der Waals surface area (Å²) >= 11 is 0. The number of nitrogens with one attached hydrogen (secondary N) is 1. The Bertz CT molecular complexity index is 943. The second-order valence-corrected chi connectivity index (χ2v) is 8.93. The summed E-state index contributed by atoms with van der Waals surface area (Å²) in [6, 6.07) is 6.31. The van der Waals surface area contributed by atoms with Crippen LogP contribution in [-0.4, -0.2) is 62.9 Å². The Morgan fingerprint density at radius 1 is 1.10 bits per heavy atom. The molecule has 2 aromatic rings. The van der Waals surface area contributed by atoms with Crippen molar-refractivity contribution in [3.05, 3.63) is 53.1 Å². The van der Waals surface area contributed by atoms with Crippen molar-refractivity contribution in [2.75, 3.05) is 26.2 Å². The van der Waals surface area contributed by atoms with E-state index in [1.54, 1.807) is 18.5 Å². The number of hydrogen-bond acceptors (Lipinski definition) is 4. The molecule has 1 saturated heterocycles. The molecule has 5 rings (SSSR count). The van der Waals surface area contributed by atoms with Crippen LogP contribution in [0, 0.1) is 11.8 Å². The van der Waals surface area contributed by atoms with Crippen molar-refractivity contribution < 1.29 is 14.7 Å². The number of piperidine rings is 1. The lowest BCUT2D eigenvalue weighted by atomic mass is 9.83. The van der Waals surface area contributed by atoms with E-state index in [4.69, 9.17) is 0 Å². The Kier molecular flexibility index (Phi) is 5.06. The topological polar surface area (TPSA) is 89.5 Å². The lowest BCUT2D eigenvalue weighted by Gasteiger charge is -2.43. The van der Waals surface area contributed by atoms with Gasteiger partial charge in [0.15, 0.2) is 0 Å². The van der Waals surface area contributed by atoms with E-state index in [1.165, 1.54) is 31.5 Å². The summed E-state index contributed by atoms with van der Waals surface area (Å²) < 4.78 is 0. The summed E-state index contributed by atoms with van der Waals surface area (Å²) in [4.78, 5) is 37.2. The Labute approximate surface area is 176 Å². The van der Waals surface area contributed by atoms with Crippen LogP contribution in [0.3, 0.4) is 0 Å². The number of H-pyrrole nitrogens is 1. The van der Waals surface area contributed by atoms with Gasteiger partial charge in [0, 0.05) is 30.8 Å². The minimum absolute atomic E-state index is 0.0518. The number of aromatic amines is 1. The molecule has 1 aromatic carbocycles. The highest BCUT2D eigenvalue weighted by Crippen LogP contribution is 2.40. The highest BCUT2D eigenvalue weighted by atomic mass is 16.4. The van der Waals surface area contributed by atoms with Gasteiger partial charge >= 0.3 is 5.97 Å². The predicted octanol–water partition coefficient (Wildman–Crippen LogP) is 2.97. The number of likely N-dealkylation sites (tertiary alicyclic amines) is 1. The third-order valence-corrected chi connectivity index (χ3v) is 6.88. The van der Waals surface area contributed by atoms with Crippen molar-refractivity contribution >= 4 is 11.9 Å².